The zero-order valence-electron chi connectivity index (χ0n) is 10.8. The van der Waals surface area contributed by atoms with Gasteiger partial charge in [0.05, 0.1) is 11.2 Å². The number of pyridine rings is 1. The highest BCUT2D eigenvalue weighted by Crippen LogP contribution is 2.27. The molecular weight excluding hydrogens is 228 g/mol. The number of aliphatic hydroxyl groups is 1. The summed E-state index contributed by atoms with van der Waals surface area (Å²) in [6.07, 6.45) is 6.38. The van der Waals surface area contributed by atoms with Crippen molar-refractivity contribution in [1.82, 2.24) is 10.3 Å². The first-order valence-corrected chi connectivity index (χ1v) is 6.52. The molecular formula is C14H20N2O2. The lowest BCUT2D eigenvalue weighted by atomic mass is 9.85. The average molecular weight is 248 g/mol. The van der Waals surface area contributed by atoms with E-state index in [1.165, 1.54) is 6.42 Å². The summed E-state index contributed by atoms with van der Waals surface area (Å²) < 4.78 is 0. The number of carbonyl (C=O) groups excluding carboxylic acids is 1. The maximum Gasteiger partial charge on any atom is 0.252 e. The fourth-order valence-corrected chi connectivity index (χ4v) is 2.34. The van der Waals surface area contributed by atoms with Crippen LogP contribution in [-0.4, -0.2) is 28.1 Å². The van der Waals surface area contributed by atoms with Crippen molar-refractivity contribution in [2.75, 3.05) is 6.54 Å². The van der Waals surface area contributed by atoms with Gasteiger partial charge in [0.2, 0.25) is 0 Å². The van der Waals surface area contributed by atoms with Gasteiger partial charge in [0.25, 0.3) is 5.91 Å². The highest BCUT2D eigenvalue weighted by molar-refractivity contribution is 5.93. The molecule has 0 bridgehead atoms. The minimum atomic E-state index is -0.716. The van der Waals surface area contributed by atoms with Gasteiger partial charge in [-0.25, -0.2) is 0 Å². The molecule has 0 atom stereocenters. The van der Waals surface area contributed by atoms with Crippen molar-refractivity contribution in [1.29, 1.82) is 0 Å². The molecule has 2 N–H and O–H groups in total. The van der Waals surface area contributed by atoms with Gasteiger partial charge < -0.3 is 10.4 Å². The third-order valence-electron chi connectivity index (χ3n) is 3.54. The van der Waals surface area contributed by atoms with E-state index in [-0.39, 0.29) is 5.91 Å². The molecule has 0 radical (unpaired) electrons. The van der Waals surface area contributed by atoms with Crippen LogP contribution in [0.2, 0.25) is 0 Å². The Morgan fingerprint density at radius 3 is 2.72 bits per heavy atom. The van der Waals surface area contributed by atoms with Gasteiger partial charge in [-0.15, -0.1) is 0 Å². The van der Waals surface area contributed by atoms with Gasteiger partial charge in [-0.05, 0) is 31.9 Å². The van der Waals surface area contributed by atoms with Crippen molar-refractivity contribution < 1.29 is 9.90 Å². The van der Waals surface area contributed by atoms with Crippen LogP contribution >= 0.6 is 0 Å². The summed E-state index contributed by atoms with van der Waals surface area (Å²) in [6, 6.07) is 3.56. The number of carbonyl (C=O) groups is 1. The molecule has 1 aliphatic rings. The number of nitrogens with one attached hydrogen (secondary N) is 1. The van der Waals surface area contributed by atoms with Crippen molar-refractivity contribution in [3.05, 3.63) is 29.6 Å². The summed E-state index contributed by atoms with van der Waals surface area (Å²) in [6.45, 7) is 2.21. The third kappa shape index (κ3) is 3.29. The zero-order valence-corrected chi connectivity index (χ0v) is 10.8. The van der Waals surface area contributed by atoms with Crippen LogP contribution < -0.4 is 5.32 Å². The Labute approximate surface area is 107 Å². The van der Waals surface area contributed by atoms with E-state index in [2.05, 4.69) is 10.3 Å². The molecule has 1 aromatic heterocycles. The van der Waals surface area contributed by atoms with Crippen molar-refractivity contribution in [2.45, 2.75) is 44.6 Å². The van der Waals surface area contributed by atoms with Gasteiger partial charge in [0.15, 0.2) is 0 Å². The Morgan fingerprint density at radius 2 is 2.11 bits per heavy atom. The smallest absolute Gasteiger partial charge is 0.252 e. The molecule has 1 saturated carbocycles. The SMILES string of the molecule is Cc1ccc(C(=O)NCC2(O)CCCCC2)cn1. The molecule has 18 heavy (non-hydrogen) atoms. The van der Waals surface area contributed by atoms with Crippen LogP contribution in [0.5, 0.6) is 0 Å². The van der Waals surface area contributed by atoms with E-state index in [1.807, 2.05) is 13.0 Å². The third-order valence-corrected chi connectivity index (χ3v) is 3.54. The van der Waals surface area contributed by atoms with Crippen molar-refractivity contribution in [3.63, 3.8) is 0 Å². The largest absolute Gasteiger partial charge is 0.388 e. The molecule has 1 heterocycles. The van der Waals surface area contributed by atoms with E-state index in [0.29, 0.717) is 12.1 Å². The topological polar surface area (TPSA) is 62.2 Å². The Bertz CT molecular complexity index is 408. The summed E-state index contributed by atoms with van der Waals surface area (Å²) in [7, 11) is 0. The fraction of sp³-hybridized carbons (Fsp3) is 0.571. The van der Waals surface area contributed by atoms with Crippen LogP contribution in [0.3, 0.4) is 0 Å². The number of aryl methyl sites for hydroxylation is 1. The first-order chi connectivity index (χ1) is 8.59. The van der Waals surface area contributed by atoms with E-state index in [9.17, 15) is 9.90 Å². The molecule has 2 rings (SSSR count). The van der Waals surface area contributed by atoms with Gasteiger partial charge in [-0.3, -0.25) is 9.78 Å². The first-order valence-electron chi connectivity index (χ1n) is 6.52. The van der Waals surface area contributed by atoms with E-state index >= 15 is 0 Å². The van der Waals surface area contributed by atoms with Gasteiger partial charge >= 0.3 is 0 Å². The van der Waals surface area contributed by atoms with Crippen LogP contribution in [0.1, 0.15) is 48.2 Å². The second kappa shape index (κ2) is 5.48. The molecule has 4 heteroatoms. The molecule has 1 fully saturated rings. The first kappa shape index (κ1) is 13.0. The number of amides is 1. The highest BCUT2D eigenvalue weighted by atomic mass is 16.3. The summed E-state index contributed by atoms with van der Waals surface area (Å²) in [4.78, 5) is 16.0. The van der Waals surface area contributed by atoms with Crippen LogP contribution in [0, 0.1) is 6.92 Å². The molecule has 1 aliphatic carbocycles. The monoisotopic (exact) mass is 248 g/mol. The minimum Gasteiger partial charge on any atom is -0.388 e. The van der Waals surface area contributed by atoms with Crippen LogP contribution in [0.15, 0.2) is 18.3 Å². The molecule has 0 spiro atoms. The second-order valence-electron chi connectivity index (χ2n) is 5.16. The molecule has 0 unspecified atom stereocenters. The number of nitrogens with zero attached hydrogens (tertiary/aromatic N) is 1. The van der Waals surface area contributed by atoms with E-state index < -0.39 is 5.60 Å². The minimum absolute atomic E-state index is 0.165. The fourth-order valence-electron chi connectivity index (χ4n) is 2.34. The summed E-state index contributed by atoms with van der Waals surface area (Å²) in [5, 5.41) is 13.1. The number of hydrogen-bond donors (Lipinski definition) is 2. The lowest BCUT2D eigenvalue weighted by molar-refractivity contribution is 0.00525. The summed E-state index contributed by atoms with van der Waals surface area (Å²) in [5.41, 5.74) is 0.712. The van der Waals surface area contributed by atoms with Crippen LogP contribution in [-0.2, 0) is 0 Å². The Kier molecular flexibility index (Phi) is 3.97. The summed E-state index contributed by atoms with van der Waals surface area (Å²) >= 11 is 0. The second-order valence-corrected chi connectivity index (χ2v) is 5.16. The maximum atomic E-state index is 11.9. The van der Waals surface area contributed by atoms with Gasteiger partial charge in [-0.2, -0.15) is 0 Å². The quantitative estimate of drug-likeness (QED) is 0.857. The molecule has 0 saturated heterocycles. The number of rotatable bonds is 3. The predicted molar refractivity (Wildman–Crippen MR) is 69.3 cm³/mol. The molecule has 98 valence electrons. The Hall–Kier alpha value is -1.42. The maximum absolute atomic E-state index is 11.9. The summed E-state index contributed by atoms with van der Waals surface area (Å²) in [5.74, 6) is -0.165. The Morgan fingerprint density at radius 1 is 1.39 bits per heavy atom. The van der Waals surface area contributed by atoms with E-state index in [4.69, 9.17) is 0 Å². The lowest BCUT2D eigenvalue weighted by Gasteiger charge is -2.32. The molecule has 1 amide bonds. The average Bonchev–Trinajstić information content (AvgIpc) is 2.38. The van der Waals surface area contributed by atoms with Crippen molar-refractivity contribution in [3.8, 4) is 0 Å². The van der Waals surface area contributed by atoms with Gasteiger partial charge in [0, 0.05) is 18.4 Å². The van der Waals surface area contributed by atoms with Crippen molar-refractivity contribution in [2.24, 2.45) is 0 Å². The normalized spacial score (nSPS) is 18.3. The molecule has 4 nitrogen and oxygen atoms in total. The van der Waals surface area contributed by atoms with E-state index in [0.717, 1.165) is 31.4 Å². The lowest BCUT2D eigenvalue weighted by Crippen LogP contribution is -2.44. The number of aromatic nitrogens is 1. The highest BCUT2D eigenvalue weighted by Gasteiger charge is 2.29. The Balaban J connectivity index is 1.89. The molecule has 1 aromatic rings. The standard InChI is InChI=1S/C14H20N2O2/c1-11-5-6-12(9-15-11)13(17)16-10-14(18)7-3-2-4-8-14/h5-6,9,18H,2-4,7-8,10H2,1H3,(H,16,17). The molecule has 0 aliphatic heterocycles. The van der Waals surface area contributed by atoms with E-state index in [1.54, 1.807) is 12.3 Å². The van der Waals surface area contributed by atoms with Crippen LogP contribution in [0.25, 0.3) is 0 Å². The zero-order chi connectivity index (χ0) is 13.0. The van der Waals surface area contributed by atoms with Crippen molar-refractivity contribution >= 4 is 5.91 Å². The number of hydrogen-bond acceptors (Lipinski definition) is 3. The molecule has 0 aromatic carbocycles. The van der Waals surface area contributed by atoms with Gasteiger partial charge in [-0.1, -0.05) is 19.3 Å². The van der Waals surface area contributed by atoms with Crippen LogP contribution in [0.4, 0.5) is 0 Å². The predicted octanol–water partition coefficient (Wildman–Crippen LogP) is 1.82. The van der Waals surface area contributed by atoms with Gasteiger partial charge in [0.1, 0.15) is 0 Å².